The van der Waals surface area contributed by atoms with Gasteiger partial charge in [0.05, 0.1) is 0 Å². The summed E-state index contributed by atoms with van der Waals surface area (Å²) < 4.78 is 0. The van der Waals surface area contributed by atoms with Crippen molar-refractivity contribution in [2.75, 3.05) is 0 Å². The highest BCUT2D eigenvalue weighted by atomic mass is 14.2. The maximum absolute atomic E-state index is 2.43. The van der Waals surface area contributed by atoms with Gasteiger partial charge in [-0.15, -0.1) is 0 Å². The maximum atomic E-state index is 2.43. The van der Waals surface area contributed by atoms with Crippen LogP contribution >= 0.6 is 0 Å². The molecule has 0 N–H and O–H groups in total. The van der Waals surface area contributed by atoms with E-state index in [-0.39, 0.29) is 0 Å². The van der Waals surface area contributed by atoms with Gasteiger partial charge in [0.25, 0.3) is 0 Å². The van der Waals surface area contributed by atoms with Crippen LogP contribution in [0.3, 0.4) is 0 Å². The second-order valence-corrected chi connectivity index (χ2v) is 10.3. The summed E-state index contributed by atoms with van der Waals surface area (Å²) in [5, 5.41) is 0. The van der Waals surface area contributed by atoms with E-state index in [0.29, 0.717) is 23.7 Å². The van der Waals surface area contributed by atoms with Crippen LogP contribution in [0, 0.1) is 0 Å². The monoisotopic (exact) mass is 454 g/mol. The van der Waals surface area contributed by atoms with Crippen LogP contribution in [0.4, 0.5) is 0 Å². The molecule has 0 bridgehead atoms. The SMILES string of the molecule is CCc1ccc(C(CC)CCC(CCC(C)c2ccccc2)c2ccc(C(C)CC)cc2)cc1. The summed E-state index contributed by atoms with van der Waals surface area (Å²) >= 11 is 0. The Hall–Kier alpha value is -2.34. The zero-order valence-corrected chi connectivity index (χ0v) is 22.3. The van der Waals surface area contributed by atoms with E-state index >= 15 is 0 Å². The molecule has 0 aromatic heterocycles. The van der Waals surface area contributed by atoms with Gasteiger partial charge in [0.1, 0.15) is 0 Å². The van der Waals surface area contributed by atoms with Crippen molar-refractivity contribution in [2.24, 2.45) is 0 Å². The highest BCUT2D eigenvalue weighted by Gasteiger charge is 2.18. The van der Waals surface area contributed by atoms with Gasteiger partial charge in [0.2, 0.25) is 0 Å². The van der Waals surface area contributed by atoms with E-state index in [9.17, 15) is 0 Å². The molecule has 0 aliphatic heterocycles. The minimum atomic E-state index is 0.603. The lowest BCUT2D eigenvalue weighted by molar-refractivity contribution is 0.471. The normalized spacial score (nSPS) is 15.0. The van der Waals surface area contributed by atoms with Gasteiger partial charge >= 0.3 is 0 Å². The third kappa shape index (κ3) is 7.33. The summed E-state index contributed by atoms with van der Waals surface area (Å²) in [6.45, 7) is 11.6. The highest BCUT2D eigenvalue weighted by molar-refractivity contribution is 5.29. The topological polar surface area (TPSA) is 0 Å². The average molecular weight is 455 g/mol. The molecular weight excluding hydrogens is 408 g/mol. The van der Waals surface area contributed by atoms with Crippen molar-refractivity contribution in [2.45, 2.75) is 103 Å². The fourth-order valence-corrected chi connectivity index (χ4v) is 5.24. The zero-order valence-electron chi connectivity index (χ0n) is 22.3. The molecular formula is C34H46. The van der Waals surface area contributed by atoms with E-state index in [4.69, 9.17) is 0 Å². The number of hydrogen-bond donors (Lipinski definition) is 0. The minimum absolute atomic E-state index is 0.603. The lowest BCUT2D eigenvalue weighted by Gasteiger charge is -2.24. The average Bonchev–Trinajstić information content (AvgIpc) is 2.91. The second-order valence-electron chi connectivity index (χ2n) is 10.3. The molecule has 0 heteroatoms. The lowest BCUT2D eigenvalue weighted by atomic mass is 9.81. The van der Waals surface area contributed by atoms with Crippen LogP contribution in [0.15, 0.2) is 78.9 Å². The van der Waals surface area contributed by atoms with Crippen LogP contribution < -0.4 is 0 Å². The van der Waals surface area contributed by atoms with E-state index in [2.05, 4.69) is 113 Å². The van der Waals surface area contributed by atoms with Gasteiger partial charge in [-0.25, -0.2) is 0 Å². The van der Waals surface area contributed by atoms with E-state index in [1.807, 2.05) is 0 Å². The summed E-state index contributed by atoms with van der Waals surface area (Å²) in [4.78, 5) is 0. The summed E-state index contributed by atoms with van der Waals surface area (Å²) in [5.41, 5.74) is 7.43. The Morgan fingerprint density at radius 3 is 1.56 bits per heavy atom. The molecule has 0 aliphatic carbocycles. The van der Waals surface area contributed by atoms with Crippen LogP contribution in [0.1, 0.15) is 125 Å². The molecule has 0 spiro atoms. The van der Waals surface area contributed by atoms with Gasteiger partial charge in [-0.2, -0.15) is 0 Å². The number of aryl methyl sites for hydroxylation is 1. The lowest BCUT2D eigenvalue weighted by Crippen LogP contribution is -2.06. The predicted molar refractivity (Wildman–Crippen MR) is 150 cm³/mol. The summed E-state index contributed by atoms with van der Waals surface area (Å²) in [7, 11) is 0. The van der Waals surface area contributed by atoms with Gasteiger partial charge in [-0.1, -0.05) is 113 Å². The first kappa shape index (κ1) is 26.3. The molecule has 0 radical (unpaired) electrons. The molecule has 3 rings (SSSR count). The predicted octanol–water partition coefficient (Wildman–Crippen LogP) is 10.4. The summed E-state index contributed by atoms with van der Waals surface area (Å²) in [5.74, 6) is 2.52. The van der Waals surface area contributed by atoms with Crippen molar-refractivity contribution < 1.29 is 0 Å². The molecule has 3 aromatic rings. The molecule has 182 valence electrons. The third-order valence-corrected chi connectivity index (χ3v) is 8.12. The first-order chi connectivity index (χ1) is 16.5. The minimum Gasteiger partial charge on any atom is -0.0648 e. The van der Waals surface area contributed by atoms with Crippen LogP contribution in [0.5, 0.6) is 0 Å². The number of rotatable bonds is 13. The van der Waals surface area contributed by atoms with Crippen molar-refractivity contribution in [3.05, 3.63) is 107 Å². The molecule has 4 unspecified atom stereocenters. The van der Waals surface area contributed by atoms with Crippen molar-refractivity contribution in [3.63, 3.8) is 0 Å². The van der Waals surface area contributed by atoms with Gasteiger partial charge < -0.3 is 0 Å². The van der Waals surface area contributed by atoms with Crippen molar-refractivity contribution in [1.29, 1.82) is 0 Å². The Morgan fingerprint density at radius 1 is 0.471 bits per heavy atom. The molecule has 0 heterocycles. The van der Waals surface area contributed by atoms with Crippen LogP contribution in [0.2, 0.25) is 0 Å². The Kier molecular flexibility index (Phi) is 10.4. The van der Waals surface area contributed by atoms with Crippen LogP contribution in [0.25, 0.3) is 0 Å². The number of hydrogen-bond acceptors (Lipinski definition) is 0. The van der Waals surface area contributed by atoms with Gasteiger partial charge in [-0.3, -0.25) is 0 Å². The third-order valence-electron chi connectivity index (χ3n) is 8.12. The molecule has 3 aromatic carbocycles. The Labute approximate surface area is 209 Å². The van der Waals surface area contributed by atoms with Gasteiger partial charge in [0.15, 0.2) is 0 Å². The zero-order chi connectivity index (χ0) is 24.3. The largest absolute Gasteiger partial charge is 0.0648 e. The van der Waals surface area contributed by atoms with Crippen LogP contribution in [-0.4, -0.2) is 0 Å². The van der Waals surface area contributed by atoms with Crippen molar-refractivity contribution in [3.8, 4) is 0 Å². The standard InChI is InChI=1S/C34H46/c1-6-26(4)31-21-24-34(25-22-31)33(17-14-27(5)30-12-10-9-11-13-30)23-20-29(8-3)32-18-15-28(7-2)16-19-32/h9-13,15-16,18-19,21-22,24-27,29,33H,6-8,14,17,20,23H2,1-5H3. The highest BCUT2D eigenvalue weighted by Crippen LogP contribution is 2.35. The van der Waals surface area contributed by atoms with Gasteiger partial charge in [0, 0.05) is 0 Å². The quantitative estimate of drug-likeness (QED) is 0.241. The molecule has 0 fully saturated rings. The molecule has 0 saturated heterocycles. The van der Waals surface area contributed by atoms with Crippen molar-refractivity contribution >= 4 is 0 Å². The maximum Gasteiger partial charge on any atom is -0.0162 e. The Balaban J connectivity index is 1.73. The van der Waals surface area contributed by atoms with Crippen LogP contribution in [-0.2, 0) is 6.42 Å². The van der Waals surface area contributed by atoms with Crippen molar-refractivity contribution in [1.82, 2.24) is 0 Å². The molecule has 0 nitrogen and oxygen atoms in total. The second kappa shape index (κ2) is 13.5. The van der Waals surface area contributed by atoms with E-state index in [0.717, 1.165) is 6.42 Å². The Bertz CT molecular complexity index is 936. The fourth-order valence-electron chi connectivity index (χ4n) is 5.24. The summed E-state index contributed by atoms with van der Waals surface area (Å²) in [6, 6.07) is 30.1. The molecule has 4 atom stereocenters. The Morgan fingerprint density at radius 2 is 0.971 bits per heavy atom. The van der Waals surface area contributed by atoms with E-state index in [1.165, 1.54) is 66.3 Å². The van der Waals surface area contributed by atoms with E-state index < -0.39 is 0 Å². The molecule has 0 amide bonds. The first-order valence-corrected chi connectivity index (χ1v) is 13.8. The molecule has 0 aliphatic rings. The van der Waals surface area contributed by atoms with Gasteiger partial charge in [-0.05, 0) is 96.4 Å². The fraction of sp³-hybridized carbons (Fsp3) is 0.471. The molecule has 0 saturated carbocycles. The summed E-state index contributed by atoms with van der Waals surface area (Å²) in [6.07, 6.45) is 8.55. The first-order valence-electron chi connectivity index (χ1n) is 13.8. The van der Waals surface area contributed by atoms with E-state index in [1.54, 1.807) is 0 Å². The molecule has 34 heavy (non-hydrogen) atoms. The smallest absolute Gasteiger partial charge is 0.0162 e. The number of benzene rings is 3.